The Morgan fingerprint density at radius 3 is 2.52 bits per heavy atom. The Hall–Kier alpha value is -2.38. The number of carbonyl (C=O) groups excluding carboxylic acids is 4. The molecule has 3 aliphatic rings. The number of esters is 4. The predicted molar refractivity (Wildman–Crippen MR) is 90.0 cm³/mol. The largest absolute Gasteiger partial charge is 0.462 e. The smallest absolute Gasteiger partial charge is 0.333 e. The first-order valence-electron chi connectivity index (χ1n) is 9.13. The topological polar surface area (TPSA) is 105 Å². The normalized spacial score (nSPS) is 32.7. The van der Waals surface area contributed by atoms with E-state index in [0.29, 0.717) is 6.42 Å². The number of hydrogen-bond acceptors (Lipinski definition) is 8. The van der Waals surface area contributed by atoms with Gasteiger partial charge in [-0.1, -0.05) is 6.58 Å². The van der Waals surface area contributed by atoms with Crippen LogP contribution in [0.25, 0.3) is 0 Å². The van der Waals surface area contributed by atoms with Crippen LogP contribution in [0, 0.1) is 17.8 Å². The minimum absolute atomic E-state index is 0.0549. The maximum Gasteiger partial charge on any atom is 0.333 e. The second kappa shape index (κ2) is 7.32. The van der Waals surface area contributed by atoms with E-state index in [9.17, 15) is 19.2 Å². The molecule has 1 aliphatic heterocycles. The molecule has 0 radical (unpaired) electrons. The van der Waals surface area contributed by atoms with Gasteiger partial charge >= 0.3 is 23.9 Å². The lowest BCUT2D eigenvalue weighted by Gasteiger charge is -2.36. The van der Waals surface area contributed by atoms with E-state index in [-0.39, 0.29) is 61.5 Å². The summed E-state index contributed by atoms with van der Waals surface area (Å²) < 4.78 is 20.8. The molecule has 0 aromatic heterocycles. The van der Waals surface area contributed by atoms with Gasteiger partial charge in [-0.3, -0.25) is 14.4 Å². The average Bonchev–Trinajstić information content (AvgIpc) is 3.22. The zero-order valence-electron chi connectivity index (χ0n) is 15.5. The van der Waals surface area contributed by atoms with Gasteiger partial charge in [0.15, 0.2) is 0 Å². The molecule has 0 amide bonds. The third-order valence-corrected chi connectivity index (χ3v) is 5.72. The Labute approximate surface area is 157 Å². The summed E-state index contributed by atoms with van der Waals surface area (Å²) in [5.41, 5.74) is -0.553. The summed E-state index contributed by atoms with van der Waals surface area (Å²) in [6, 6.07) is 0. The minimum atomic E-state index is -0.814. The highest BCUT2D eigenvalue weighted by Crippen LogP contribution is 2.60. The maximum absolute atomic E-state index is 12.2. The number of hydrogen-bond donors (Lipinski definition) is 0. The molecule has 2 bridgehead atoms. The van der Waals surface area contributed by atoms with Crippen LogP contribution in [-0.2, 0) is 38.1 Å². The number of ether oxygens (including phenoxy) is 4. The molecule has 3 rings (SSSR count). The molecule has 3 fully saturated rings. The van der Waals surface area contributed by atoms with Gasteiger partial charge in [0.2, 0.25) is 0 Å². The molecule has 0 N–H and O–H groups in total. The Balaban J connectivity index is 1.38. The molecule has 1 heterocycles. The van der Waals surface area contributed by atoms with Crippen molar-refractivity contribution in [1.29, 1.82) is 0 Å². The van der Waals surface area contributed by atoms with Crippen molar-refractivity contribution in [3.05, 3.63) is 12.2 Å². The van der Waals surface area contributed by atoms with Gasteiger partial charge < -0.3 is 18.9 Å². The lowest BCUT2D eigenvalue weighted by Crippen LogP contribution is -2.47. The van der Waals surface area contributed by atoms with Crippen LogP contribution >= 0.6 is 0 Å². The third-order valence-electron chi connectivity index (χ3n) is 5.72. The molecular weight excluding hydrogens is 356 g/mol. The third kappa shape index (κ3) is 3.70. The van der Waals surface area contributed by atoms with E-state index in [4.69, 9.17) is 18.9 Å². The Morgan fingerprint density at radius 2 is 1.81 bits per heavy atom. The van der Waals surface area contributed by atoms with Gasteiger partial charge in [-0.05, 0) is 26.7 Å². The van der Waals surface area contributed by atoms with Gasteiger partial charge in [0, 0.05) is 17.4 Å². The molecular formula is C19H24O8. The highest BCUT2D eigenvalue weighted by molar-refractivity contribution is 5.86. The summed E-state index contributed by atoms with van der Waals surface area (Å²) >= 11 is 0. The molecule has 27 heavy (non-hydrogen) atoms. The van der Waals surface area contributed by atoms with E-state index < -0.39 is 23.5 Å². The molecule has 0 aromatic carbocycles. The van der Waals surface area contributed by atoms with Crippen LogP contribution < -0.4 is 0 Å². The number of carbonyl (C=O) groups is 4. The van der Waals surface area contributed by atoms with Crippen LogP contribution in [0.2, 0.25) is 0 Å². The fourth-order valence-electron chi connectivity index (χ4n) is 4.35. The predicted octanol–water partition coefficient (Wildman–Crippen LogP) is 1.31. The lowest BCUT2D eigenvalue weighted by molar-refractivity contribution is -0.180. The first-order valence-corrected chi connectivity index (χ1v) is 9.13. The first-order chi connectivity index (χ1) is 12.7. The highest BCUT2D eigenvalue weighted by atomic mass is 16.6. The molecule has 0 aromatic rings. The van der Waals surface area contributed by atoms with Crippen LogP contribution in [0.3, 0.4) is 0 Å². The summed E-state index contributed by atoms with van der Waals surface area (Å²) in [4.78, 5) is 46.9. The van der Waals surface area contributed by atoms with Crippen molar-refractivity contribution < 1.29 is 38.1 Å². The summed E-state index contributed by atoms with van der Waals surface area (Å²) in [7, 11) is 0. The van der Waals surface area contributed by atoms with Gasteiger partial charge in [0.25, 0.3) is 0 Å². The SMILES string of the molecule is C=C(C)C(=O)OCCOC(=O)CCC(=O)OC1(C)C2CC3C(=O)OC1C3C2. The van der Waals surface area contributed by atoms with Crippen LogP contribution in [0.15, 0.2) is 12.2 Å². The van der Waals surface area contributed by atoms with Crippen LogP contribution in [0.5, 0.6) is 0 Å². The monoisotopic (exact) mass is 380 g/mol. The number of rotatable bonds is 8. The molecule has 5 unspecified atom stereocenters. The van der Waals surface area contributed by atoms with Gasteiger partial charge in [-0.25, -0.2) is 4.79 Å². The fourth-order valence-corrected chi connectivity index (χ4v) is 4.35. The van der Waals surface area contributed by atoms with Crippen molar-refractivity contribution in [3.63, 3.8) is 0 Å². The Kier molecular flexibility index (Phi) is 5.26. The molecule has 8 nitrogen and oxygen atoms in total. The highest BCUT2D eigenvalue weighted by Gasteiger charge is 2.69. The molecule has 8 heteroatoms. The van der Waals surface area contributed by atoms with Gasteiger partial charge in [0.1, 0.15) is 24.9 Å². The summed E-state index contributed by atoms with van der Waals surface area (Å²) in [5, 5.41) is 0. The van der Waals surface area contributed by atoms with E-state index in [2.05, 4.69) is 6.58 Å². The fraction of sp³-hybridized carbons (Fsp3) is 0.684. The van der Waals surface area contributed by atoms with Crippen LogP contribution in [0.4, 0.5) is 0 Å². The van der Waals surface area contributed by atoms with Gasteiger partial charge in [-0.15, -0.1) is 0 Å². The summed E-state index contributed by atoms with van der Waals surface area (Å²) in [6.07, 6.45) is 0.879. The zero-order valence-corrected chi connectivity index (χ0v) is 15.5. The van der Waals surface area contributed by atoms with E-state index in [1.54, 1.807) is 0 Å². The standard InChI is InChI=1S/C19H24O8/c1-10(2)17(22)25-7-6-24-14(20)4-5-15(21)27-19(3)11-8-12-13(9-11)18(23)26-16(12)19/h11-13,16H,1,4-9H2,2-3H3. The molecule has 1 saturated heterocycles. The summed E-state index contributed by atoms with van der Waals surface area (Å²) in [6.45, 7) is 6.60. The molecule has 148 valence electrons. The first kappa shape index (κ1) is 19.4. The molecule has 0 spiro atoms. The van der Waals surface area contributed by atoms with Crippen molar-refractivity contribution in [3.8, 4) is 0 Å². The van der Waals surface area contributed by atoms with E-state index in [0.717, 1.165) is 6.42 Å². The second-order valence-corrected chi connectivity index (χ2v) is 7.59. The molecule has 5 atom stereocenters. The molecule has 2 saturated carbocycles. The minimum Gasteiger partial charge on any atom is -0.462 e. The summed E-state index contributed by atoms with van der Waals surface area (Å²) in [5.74, 6) is -1.65. The Morgan fingerprint density at radius 1 is 1.15 bits per heavy atom. The average molecular weight is 380 g/mol. The lowest BCUT2D eigenvalue weighted by atomic mass is 9.79. The van der Waals surface area contributed by atoms with Gasteiger partial charge in [-0.2, -0.15) is 0 Å². The van der Waals surface area contributed by atoms with Crippen molar-refractivity contribution in [1.82, 2.24) is 0 Å². The molecule has 2 aliphatic carbocycles. The van der Waals surface area contributed by atoms with Crippen molar-refractivity contribution in [2.24, 2.45) is 17.8 Å². The quantitative estimate of drug-likeness (QED) is 0.269. The zero-order chi connectivity index (χ0) is 19.8. The van der Waals surface area contributed by atoms with E-state index >= 15 is 0 Å². The van der Waals surface area contributed by atoms with Crippen molar-refractivity contribution >= 4 is 23.9 Å². The van der Waals surface area contributed by atoms with Crippen LogP contribution in [0.1, 0.15) is 39.5 Å². The second-order valence-electron chi connectivity index (χ2n) is 7.59. The van der Waals surface area contributed by atoms with Gasteiger partial charge in [0.05, 0.1) is 18.8 Å². The number of fused-ring (bicyclic) bond motifs is 1. The van der Waals surface area contributed by atoms with Crippen molar-refractivity contribution in [2.45, 2.75) is 51.2 Å². The van der Waals surface area contributed by atoms with Crippen molar-refractivity contribution in [2.75, 3.05) is 13.2 Å². The van der Waals surface area contributed by atoms with E-state index in [1.807, 2.05) is 6.92 Å². The van der Waals surface area contributed by atoms with Crippen LogP contribution in [-0.4, -0.2) is 48.8 Å². The Bertz CT molecular complexity index is 683. The van der Waals surface area contributed by atoms with E-state index in [1.165, 1.54) is 6.92 Å². The maximum atomic E-state index is 12.2.